The van der Waals surface area contributed by atoms with Crippen molar-refractivity contribution in [3.05, 3.63) is 78.1 Å². The number of aromatic nitrogens is 1. The normalized spacial score (nSPS) is 10.5. The van der Waals surface area contributed by atoms with Crippen LogP contribution in [0.1, 0.15) is 16.1 Å². The Bertz CT molecular complexity index is 820. The molecule has 2 aromatic carbocycles. The first-order valence-electron chi connectivity index (χ1n) is 7.38. The van der Waals surface area contributed by atoms with E-state index in [1.165, 1.54) is 0 Å². The van der Waals surface area contributed by atoms with Crippen LogP contribution in [0.2, 0.25) is 0 Å². The second kappa shape index (κ2) is 6.01. The molecule has 116 valence electrons. The molecule has 4 heteroatoms. The van der Waals surface area contributed by atoms with Gasteiger partial charge in [0.2, 0.25) is 0 Å². The number of phenolic OH excluding ortho intramolecular Hbond substituents is 1. The van der Waals surface area contributed by atoms with Crippen LogP contribution in [0.4, 0.5) is 11.4 Å². The van der Waals surface area contributed by atoms with E-state index in [-0.39, 0.29) is 11.7 Å². The monoisotopic (exact) mass is 306 g/mol. The van der Waals surface area contributed by atoms with Crippen molar-refractivity contribution in [2.45, 2.75) is 6.92 Å². The highest BCUT2D eigenvalue weighted by molar-refractivity contribution is 6.11. The first-order chi connectivity index (χ1) is 11.1. The average Bonchev–Trinajstić information content (AvgIpc) is 2.90. The second-order valence-electron chi connectivity index (χ2n) is 5.42. The quantitative estimate of drug-likeness (QED) is 0.794. The minimum absolute atomic E-state index is 0.0972. The molecule has 0 fully saturated rings. The number of anilines is 2. The summed E-state index contributed by atoms with van der Waals surface area (Å²) in [5.41, 5.74) is 3.06. The van der Waals surface area contributed by atoms with Crippen LogP contribution in [0, 0.1) is 6.92 Å². The molecule has 4 nitrogen and oxygen atoms in total. The van der Waals surface area contributed by atoms with Gasteiger partial charge < -0.3 is 9.67 Å². The highest BCUT2D eigenvalue weighted by atomic mass is 16.3. The summed E-state index contributed by atoms with van der Waals surface area (Å²) in [7, 11) is 1.92. The summed E-state index contributed by atoms with van der Waals surface area (Å²) in [5.74, 6) is 0.0742. The number of aromatic hydroxyl groups is 1. The Morgan fingerprint density at radius 1 is 0.957 bits per heavy atom. The maximum absolute atomic E-state index is 13.1. The fourth-order valence-corrected chi connectivity index (χ4v) is 2.52. The lowest BCUT2D eigenvalue weighted by atomic mass is 10.1. The van der Waals surface area contributed by atoms with Gasteiger partial charge >= 0.3 is 0 Å². The highest BCUT2D eigenvalue weighted by Gasteiger charge is 2.22. The topological polar surface area (TPSA) is 45.5 Å². The molecule has 0 saturated heterocycles. The van der Waals surface area contributed by atoms with Gasteiger partial charge in [0.25, 0.3) is 5.91 Å². The number of phenols is 1. The van der Waals surface area contributed by atoms with Crippen molar-refractivity contribution in [1.29, 1.82) is 0 Å². The van der Waals surface area contributed by atoms with Gasteiger partial charge in [-0.1, -0.05) is 18.2 Å². The zero-order chi connectivity index (χ0) is 16.4. The van der Waals surface area contributed by atoms with Crippen LogP contribution in [0.5, 0.6) is 5.75 Å². The number of benzene rings is 2. The van der Waals surface area contributed by atoms with Gasteiger partial charge in [0.05, 0.1) is 5.56 Å². The molecule has 0 spiro atoms. The summed E-state index contributed by atoms with van der Waals surface area (Å²) in [5, 5.41) is 9.51. The summed E-state index contributed by atoms with van der Waals surface area (Å²) >= 11 is 0. The number of amides is 1. The maximum atomic E-state index is 13.1. The van der Waals surface area contributed by atoms with Gasteiger partial charge in [-0.25, -0.2) is 0 Å². The molecule has 0 radical (unpaired) electrons. The van der Waals surface area contributed by atoms with E-state index in [0.29, 0.717) is 11.3 Å². The Labute approximate surface area is 135 Å². The molecule has 1 amide bonds. The van der Waals surface area contributed by atoms with Gasteiger partial charge in [0.15, 0.2) is 0 Å². The van der Waals surface area contributed by atoms with Gasteiger partial charge in [-0.2, -0.15) is 0 Å². The van der Waals surface area contributed by atoms with E-state index in [9.17, 15) is 9.90 Å². The molecule has 23 heavy (non-hydrogen) atoms. The first-order valence-corrected chi connectivity index (χ1v) is 7.38. The molecule has 3 rings (SSSR count). The highest BCUT2D eigenvalue weighted by Crippen LogP contribution is 2.29. The Kier molecular flexibility index (Phi) is 3.89. The van der Waals surface area contributed by atoms with Gasteiger partial charge in [-0.05, 0) is 49.4 Å². The molecule has 0 aliphatic carbocycles. The number of nitrogens with zero attached hydrogens (tertiary/aromatic N) is 2. The smallest absolute Gasteiger partial charge is 0.264 e. The zero-order valence-electron chi connectivity index (χ0n) is 13.1. The largest absolute Gasteiger partial charge is 0.508 e. The molecular weight excluding hydrogens is 288 g/mol. The lowest BCUT2D eigenvalue weighted by molar-refractivity contribution is 0.0998. The number of carbonyl (C=O) groups is 1. The van der Waals surface area contributed by atoms with E-state index in [0.717, 1.165) is 11.4 Å². The van der Waals surface area contributed by atoms with Gasteiger partial charge in [0, 0.05) is 30.3 Å². The minimum atomic E-state index is -0.0972. The van der Waals surface area contributed by atoms with E-state index in [1.54, 1.807) is 29.2 Å². The molecule has 0 aliphatic heterocycles. The van der Waals surface area contributed by atoms with Crippen LogP contribution >= 0.6 is 0 Å². The van der Waals surface area contributed by atoms with Crippen molar-refractivity contribution < 1.29 is 9.90 Å². The lowest BCUT2D eigenvalue weighted by Crippen LogP contribution is -2.26. The van der Waals surface area contributed by atoms with Crippen LogP contribution in [0.3, 0.4) is 0 Å². The molecule has 0 atom stereocenters. The van der Waals surface area contributed by atoms with Gasteiger partial charge in [0.1, 0.15) is 5.75 Å². The molecule has 1 heterocycles. The fourth-order valence-electron chi connectivity index (χ4n) is 2.52. The van der Waals surface area contributed by atoms with Crippen LogP contribution in [0.15, 0.2) is 66.9 Å². The maximum Gasteiger partial charge on any atom is 0.264 e. The van der Waals surface area contributed by atoms with Crippen LogP contribution < -0.4 is 4.90 Å². The molecular formula is C19H18N2O2. The van der Waals surface area contributed by atoms with E-state index < -0.39 is 0 Å². The summed E-state index contributed by atoms with van der Waals surface area (Å²) in [6.45, 7) is 1.92. The number of aryl methyl sites for hydroxylation is 1. The Morgan fingerprint density at radius 3 is 2.13 bits per heavy atom. The van der Waals surface area contributed by atoms with E-state index in [4.69, 9.17) is 0 Å². The third-order valence-corrected chi connectivity index (χ3v) is 3.94. The Balaban J connectivity index is 2.10. The van der Waals surface area contributed by atoms with E-state index in [1.807, 2.05) is 61.1 Å². The standard InChI is InChI=1S/C19H18N2O2/c1-14-18(12-13-20(14)2)19(23)21(15-6-4-3-5-7-15)16-8-10-17(22)11-9-16/h3-13,22H,1-2H3. The van der Waals surface area contributed by atoms with Crippen LogP contribution in [-0.2, 0) is 7.05 Å². The van der Waals surface area contributed by atoms with Gasteiger partial charge in [-0.3, -0.25) is 9.69 Å². The van der Waals surface area contributed by atoms with Crippen molar-refractivity contribution in [2.75, 3.05) is 4.90 Å². The molecule has 0 aliphatic rings. The third kappa shape index (κ3) is 2.83. The summed E-state index contributed by atoms with van der Waals surface area (Å²) in [6, 6.07) is 17.9. The third-order valence-electron chi connectivity index (χ3n) is 3.94. The number of hydrogen-bond acceptors (Lipinski definition) is 2. The number of hydrogen-bond donors (Lipinski definition) is 1. The van der Waals surface area contributed by atoms with Crippen molar-refractivity contribution in [3.63, 3.8) is 0 Å². The zero-order valence-corrected chi connectivity index (χ0v) is 13.1. The van der Waals surface area contributed by atoms with Crippen molar-refractivity contribution in [1.82, 2.24) is 4.57 Å². The number of rotatable bonds is 3. The SMILES string of the molecule is Cc1c(C(=O)N(c2ccccc2)c2ccc(O)cc2)ccn1C. The van der Waals surface area contributed by atoms with Crippen LogP contribution in [-0.4, -0.2) is 15.6 Å². The molecule has 1 N–H and O–H groups in total. The molecule has 1 aromatic heterocycles. The molecule has 0 bridgehead atoms. The van der Waals surface area contributed by atoms with Crippen molar-refractivity contribution in [2.24, 2.45) is 7.05 Å². The predicted molar refractivity (Wildman–Crippen MR) is 91.2 cm³/mol. The van der Waals surface area contributed by atoms with E-state index in [2.05, 4.69) is 0 Å². The fraction of sp³-hybridized carbons (Fsp3) is 0.105. The number of carbonyl (C=O) groups excluding carboxylic acids is 1. The lowest BCUT2D eigenvalue weighted by Gasteiger charge is -2.23. The Morgan fingerprint density at radius 2 is 1.57 bits per heavy atom. The summed E-state index contributed by atoms with van der Waals surface area (Å²) in [6.07, 6.45) is 1.88. The minimum Gasteiger partial charge on any atom is -0.508 e. The molecule has 0 saturated carbocycles. The van der Waals surface area contributed by atoms with Crippen molar-refractivity contribution in [3.8, 4) is 5.75 Å². The average molecular weight is 306 g/mol. The van der Waals surface area contributed by atoms with Crippen LogP contribution in [0.25, 0.3) is 0 Å². The Hall–Kier alpha value is -3.01. The first kappa shape index (κ1) is 14.9. The summed E-state index contributed by atoms with van der Waals surface area (Å²) < 4.78 is 1.92. The van der Waals surface area contributed by atoms with Gasteiger partial charge in [-0.15, -0.1) is 0 Å². The second-order valence-corrected chi connectivity index (χ2v) is 5.42. The summed E-state index contributed by atoms with van der Waals surface area (Å²) in [4.78, 5) is 14.8. The molecule has 3 aromatic rings. The molecule has 0 unspecified atom stereocenters. The predicted octanol–water partition coefficient (Wildman–Crippen LogP) is 4.02. The van der Waals surface area contributed by atoms with E-state index >= 15 is 0 Å². The van der Waals surface area contributed by atoms with Crippen molar-refractivity contribution >= 4 is 17.3 Å². The number of para-hydroxylation sites is 1.